The molecule has 0 fully saturated rings. The Morgan fingerprint density at radius 3 is 2.58 bits per heavy atom. The Labute approximate surface area is 121 Å². The van der Waals surface area contributed by atoms with E-state index >= 15 is 0 Å². The number of rotatable bonds is 8. The van der Waals surface area contributed by atoms with Gasteiger partial charge in [-0.1, -0.05) is 0 Å². The normalized spacial score (nSPS) is 15.8. The number of ether oxygens (including phenoxy) is 2. The van der Waals surface area contributed by atoms with Crippen LogP contribution in [0, 0.1) is 0 Å². The molecule has 0 saturated heterocycles. The maximum absolute atomic E-state index is 9.69. The first kappa shape index (κ1) is 16.4. The van der Waals surface area contributed by atoms with Gasteiger partial charge in [0.2, 0.25) is 0 Å². The average Bonchev–Trinajstić information content (AvgIpc) is 2.45. The molecule has 1 aromatic rings. The van der Waals surface area contributed by atoms with Gasteiger partial charge in [0, 0.05) is 0 Å². The first-order valence-electron chi connectivity index (χ1n) is 5.92. The van der Waals surface area contributed by atoms with E-state index < -0.39 is 17.0 Å². The third kappa shape index (κ3) is 5.10. The van der Waals surface area contributed by atoms with E-state index in [4.69, 9.17) is 14.6 Å². The van der Waals surface area contributed by atoms with Crippen LogP contribution in [-0.2, 0) is 11.3 Å². The summed E-state index contributed by atoms with van der Waals surface area (Å²) >= 11 is 2.60. The van der Waals surface area contributed by atoms with E-state index in [1.165, 1.54) is 0 Å². The summed E-state index contributed by atoms with van der Waals surface area (Å²) in [4.78, 5) is -0.509. The van der Waals surface area contributed by atoms with E-state index in [0.717, 1.165) is 11.3 Å². The molecule has 0 unspecified atom stereocenters. The van der Waals surface area contributed by atoms with Crippen molar-refractivity contribution < 1.29 is 24.8 Å². The van der Waals surface area contributed by atoms with Crippen molar-refractivity contribution in [3.8, 4) is 5.75 Å². The fraction of sp³-hybridized carbons (Fsp3) is 0.538. The number of aliphatic hydroxyl groups is 3. The summed E-state index contributed by atoms with van der Waals surface area (Å²) in [5, 5.41) is 28.2. The zero-order valence-electron chi connectivity index (χ0n) is 10.7. The summed E-state index contributed by atoms with van der Waals surface area (Å²) < 4.78 is 10.5. The van der Waals surface area contributed by atoms with Crippen LogP contribution < -0.4 is 4.74 Å². The van der Waals surface area contributed by atoms with Crippen molar-refractivity contribution in [2.45, 2.75) is 23.6 Å². The van der Waals surface area contributed by atoms with Crippen molar-refractivity contribution >= 4 is 16.0 Å². The van der Waals surface area contributed by atoms with Gasteiger partial charge in [-0.05, 0) is 0 Å². The average molecular weight is 334 g/mol. The molecule has 107 valence electrons. The maximum atomic E-state index is 9.69. The molecule has 0 aliphatic heterocycles. The first-order valence-corrected chi connectivity index (χ1v) is 6.91. The van der Waals surface area contributed by atoms with Crippen molar-refractivity contribution in [1.82, 2.24) is 0 Å². The molecule has 5 nitrogen and oxygen atoms in total. The Bertz CT molecular complexity index is 374. The standard InChI is InChI=1S/C13H19O5Se/c1-17-11-5-3-2-4-9(11)7-18-8-10(15)13(16)12(19)6-14/h2-5,10,12-16H,6-8H2,1H3/t10-,12-,13+/m1/s1. The summed E-state index contributed by atoms with van der Waals surface area (Å²) in [5.74, 6) is 0.717. The van der Waals surface area contributed by atoms with Crippen LogP contribution in [0.5, 0.6) is 5.75 Å². The molecular weight excluding hydrogens is 315 g/mol. The van der Waals surface area contributed by atoms with Crippen molar-refractivity contribution in [2.75, 3.05) is 20.3 Å². The van der Waals surface area contributed by atoms with Gasteiger partial charge in [0.15, 0.2) is 0 Å². The van der Waals surface area contributed by atoms with Crippen molar-refractivity contribution in [3.05, 3.63) is 29.8 Å². The third-order valence-electron chi connectivity index (χ3n) is 2.69. The number of hydrogen-bond acceptors (Lipinski definition) is 5. The second-order valence-electron chi connectivity index (χ2n) is 4.11. The summed E-state index contributed by atoms with van der Waals surface area (Å²) in [6.45, 7) is 0.0349. The Balaban J connectivity index is 2.41. The predicted molar refractivity (Wildman–Crippen MR) is 71.3 cm³/mol. The van der Waals surface area contributed by atoms with Crippen LogP contribution in [0.4, 0.5) is 0 Å². The molecule has 0 bridgehead atoms. The van der Waals surface area contributed by atoms with Crippen LogP contribution in [0.3, 0.4) is 0 Å². The Hall–Kier alpha value is -0.621. The zero-order chi connectivity index (χ0) is 14.3. The van der Waals surface area contributed by atoms with E-state index in [1.807, 2.05) is 24.3 Å². The van der Waals surface area contributed by atoms with Gasteiger partial charge in [0.1, 0.15) is 0 Å². The van der Waals surface area contributed by atoms with Gasteiger partial charge in [-0.2, -0.15) is 0 Å². The van der Waals surface area contributed by atoms with Gasteiger partial charge in [0.05, 0.1) is 0 Å². The molecule has 3 atom stereocenters. The molecule has 0 amide bonds. The van der Waals surface area contributed by atoms with Gasteiger partial charge in [-0.25, -0.2) is 0 Å². The molecule has 0 spiro atoms. The van der Waals surface area contributed by atoms with Crippen LogP contribution in [0.2, 0.25) is 4.82 Å². The molecule has 0 heterocycles. The molecule has 0 aliphatic rings. The summed E-state index contributed by atoms with van der Waals surface area (Å²) in [6, 6.07) is 7.42. The molecule has 19 heavy (non-hydrogen) atoms. The van der Waals surface area contributed by atoms with Gasteiger partial charge < -0.3 is 0 Å². The fourth-order valence-electron chi connectivity index (χ4n) is 1.57. The molecule has 3 N–H and O–H groups in total. The minimum atomic E-state index is -1.05. The van der Waals surface area contributed by atoms with Crippen molar-refractivity contribution in [2.24, 2.45) is 0 Å². The van der Waals surface area contributed by atoms with Gasteiger partial charge in [-0.15, -0.1) is 0 Å². The minimum absolute atomic E-state index is 0.0165. The summed E-state index contributed by atoms with van der Waals surface area (Å²) in [7, 11) is 1.58. The van der Waals surface area contributed by atoms with Crippen LogP contribution in [0.1, 0.15) is 5.56 Å². The van der Waals surface area contributed by atoms with E-state index in [2.05, 4.69) is 16.0 Å². The first-order chi connectivity index (χ1) is 9.10. The van der Waals surface area contributed by atoms with Gasteiger partial charge in [0.25, 0.3) is 0 Å². The third-order valence-corrected chi connectivity index (χ3v) is 3.59. The van der Waals surface area contributed by atoms with Crippen LogP contribution in [-0.4, -0.2) is 63.9 Å². The number of benzene rings is 1. The quantitative estimate of drug-likeness (QED) is 0.578. The van der Waals surface area contributed by atoms with Crippen LogP contribution in [0.15, 0.2) is 24.3 Å². The van der Waals surface area contributed by atoms with E-state index in [0.29, 0.717) is 0 Å². The number of methoxy groups -OCH3 is 1. The number of para-hydroxylation sites is 1. The van der Waals surface area contributed by atoms with Crippen LogP contribution >= 0.6 is 0 Å². The SMILES string of the molecule is COc1ccccc1COC[C@@H](O)[C@H](O)[C@H]([Se])CO. The molecule has 1 radical (unpaired) electrons. The van der Waals surface area contributed by atoms with E-state index in [9.17, 15) is 10.2 Å². The van der Waals surface area contributed by atoms with Crippen molar-refractivity contribution in [3.63, 3.8) is 0 Å². The molecule has 6 heteroatoms. The van der Waals surface area contributed by atoms with Crippen molar-refractivity contribution in [1.29, 1.82) is 0 Å². The molecule has 0 saturated carbocycles. The fourth-order valence-corrected chi connectivity index (χ4v) is 1.95. The number of hydrogen-bond donors (Lipinski definition) is 3. The summed E-state index contributed by atoms with van der Waals surface area (Å²) in [6.07, 6.45) is -2.10. The second-order valence-corrected chi connectivity index (χ2v) is 5.38. The Morgan fingerprint density at radius 1 is 1.26 bits per heavy atom. The Morgan fingerprint density at radius 2 is 1.95 bits per heavy atom. The Kier molecular flexibility index (Phi) is 7.38. The molecular formula is C13H19O5Se. The molecule has 1 aromatic carbocycles. The molecule has 1 rings (SSSR count). The molecule has 0 aliphatic carbocycles. The van der Waals surface area contributed by atoms with E-state index in [-0.39, 0.29) is 19.8 Å². The zero-order valence-corrected chi connectivity index (χ0v) is 12.4. The number of aliphatic hydroxyl groups excluding tert-OH is 3. The van der Waals surface area contributed by atoms with Crippen LogP contribution in [0.25, 0.3) is 0 Å². The second kappa shape index (κ2) is 8.53. The summed E-state index contributed by atoms with van der Waals surface area (Å²) in [5.41, 5.74) is 0.869. The topological polar surface area (TPSA) is 79.2 Å². The van der Waals surface area contributed by atoms with E-state index in [1.54, 1.807) is 7.11 Å². The monoisotopic (exact) mass is 335 g/mol. The van der Waals surface area contributed by atoms with Gasteiger partial charge in [-0.3, -0.25) is 0 Å². The molecule has 0 aromatic heterocycles. The van der Waals surface area contributed by atoms with Gasteiger partial charge >= 0.3 is 120 Å². The predicted octanol–water partition coefficient (Wildman–Crippen LogP) is -0.117.